The minimum absolute atomic E-state index is 0. The third kappa shape index (κ3) is 4.72. The predicted molar refractivity (Wildman–Crippen MR) is 84.8 cm³/mol. The molecule has 2 atom stereocenters. The van der Waals surface area contributed by atoms with Gasteiger partial charge in [0, 0.05) is 38.2 Å². The summed E-state index contributed by atoms with van der Waals surface area (Å²) in [7, 11) is 1.72. The van der Waals surface area contributed by atoms with Crippen molar-refractivity contribution in [2.24, 2.45) is 5.92 Å². The molecular formula is C15H26ClN3O. The molecule has 0 aromatic heterocycles. The molecule has 3 N–H and O–H groups in total. The van der Waals surface area contributed by atoms with E-state index in [4.69, 9.17) is 4.74 Å². The Morgan fingerprint density at radius 1 is 1.05 bits per heavy atom. The highest BCUT2D eigenvalue weighted by molar-refractivity contribution is 5.85. The normalized spacial score (nSPS) is 25.4. The second kappa shape index (κ2) is 8.60. The Bertz CT molecular complexity index is 375. The van der Waals surface area contributed by atoms with Crippen LogP contribution < -0.4 is 16.2 Å². The number of hydrogen-bond acceptors (Lipinski definition) is 4. The van der Waals surface area contributed by atoms with Crippen molar-refractivity contribution in [1.29, 1.82) is 0 Å². The van der Waals surface area contributed by atoms with E-state index in [9.17, 15) is 0 Å². The maximum Gasteiger partial charge on any atom is 0.0713 e. The van der Waals surface area contributed by atoms with Crippen LogP contribution in [0.5, 0.6) is 0 Å². The fourth-order valence-electron chi connectivity index (χ4n) is 2.57. The molecule has 1 heterocycles. The van der Waals surface area contributed by atoms with E-state index >= 15 is 0 Å². The molecule has 2 rings (SSSR count). The zero-order chi connectivity index (χ0) is 13.7. The van der Waals surface area contributed by atoms with Gasteiger partial charge in [0.1, 0.15) is 0 Å². The molecular weight excluding hydrogens is 274 g/mol. The molecule has 1 fully saturated rings. The van der Waals surface area contributed by atoms with Crippen molar-refractivity contribution in [2.45, 2.75) is 39.1 Å². The van der Waals surface area contributed by atoms with E-state index in [-0.39, 0.29) is 12.4 Å². The van der Waals surface area contributed by atoms with Gasteiger partial charge >= 0.3 is 0 Å². The quantitative estimate of drug-likeness (QED) is 0.750. The number of nitrogens with one attached hydrogen (secondary N) is 3. The predicted octanol–water partition coefficient (Wildman–Crippen LogP) is 1.85. The van der Waals surface area contributed by atoms with Gasteiger partial charge in [-0.2, -0.15) is 0 Å². The minimum Gasteiger partial charge on any atom is -0.380 e. The van der Waals surface area contributed by atoms with Crippen molar-refractivity contribution < 1.29 is 4.74 Å². The van der Waals surface area contributed by atoms with Gasteiger partial charge in [-0.15, -0.1) is 12.4 Å². The molecule has 4 nitrogen and oxygen atoms in total. The molecule has 1 saturated heterocycles. The average molecular weight is 300 g/mol. The second-order valence-corrected chi connectivity index (χ2v) is 5.41. The van der Waals surface area contributed by atoms with Gasteiger partial charge < -0.3 is 10.1 Å². The third-order valence-corrected chi connectivity index (χ3v) is 3.87. The lowest BCUT2D eigenvalue weighted by atomic mass is 9.97. The summed E-state index contributed by atoms with van der Waals surface area (Å²) in [6, 6.07) is 9.63. The molecule has 20 heavy (non-hydrogen) atoms. The molecule has 0 saturated carbocycles. The molecule has 1 aliphatic rings. The largest absolute Gasteiger partial charge is 0.380 e. The molecule has 0 aliphatic carbocycles. The van der Waals surface area contributed by atoms with E-state index in [0.717, 1.165) is 13.1 Å². The van der Waals surface area contributed by atoms with Crippen molar-refractivity contribution >= 4 is 12.4 Å². The van der Waals surface area contributed by atoms with Gasteiger partial charge in [0.2, 0.25) is 0 Å². The van der Waals surface area contributed by atoms with Gasteiger partial charge in [-0.05, 0) is 25.0 Å². The lowest BCUT2D eigenvalue weighted by molar-refractivity contribution is 0.185. The smallest absolute Gasteiger partial charge is 0.0713 e. The Morgan fingerprint density at radius 3 is 2.15 bits per heavy atom. The maximum absolute atomic E-state index is 5.11. The van der Waals surface area contributed by atoms with Crippen LogP contribution in [0, 0.1) is 5.92 Å². The Kier molecular flexibility index (Phi) is 7.48. The van der Waals surface area contributed by atoms with Crippen molar-refractivity contribution in [1.82, 2.24) is 16.2 Å². The Balaban J connectivity index is 0.00000200. The molecule has 0 bridgehead atoms. The number of ether oxygens (including phenoxy) is 1. The molecule has 1 aliphatic heterocycles. The van der Waals surface area contributed by atoms with Gasteiger partial charge in [-0.3, -0.25) is 10.9 Å². The summed E-state index contributed by atoms with van der Waals surface area (Å²) in [6.07, 6.45) is 0. The number of methoxy groups -OCH3 is 1. The van der Waals surface area contributed by atoms with Crippen molar-refractivity contribution in [3.63, 3.8) is 0 Å². The summed E-state index contributed by atoms with van der Waals surface area (Å²) in [5.74, 6) is 0.632. The van der Waals surface area contributed by atoms with E-state index < -0.39 is 0 Å². The monoisotopic (exact) mass is 299 g/mol. The Hall–Kier alpha value is -0.650. The Morgan fingerprint density at radius 2 is 1.60 bits per heavy atom. The summed E-state index contributed by atoms with van der Waals surface area (Å²) in [5, 5.41) is 3.54. The fraction of sp³-hybridized carbons (Fsp3) is 0.600. The first-order chi connectivity index (χ1) is 9.20. The zero-order valence-electron chi connectivity index (χ0n) is 12.5. The van der Waals surface area contributed by atoms with E-state index in [1.54, 1.807) is 7.11 Å². The highest BCUT2D eigenvalue weighted by atomic mass is 35.5. The van der Waals surface area contributed by atoms with Crippen LogP contribution in [0.3, 0.4) is 0 Å². The fourth-order valence-corrected chi connectivity index (χ4v) is 2.57. The van der Waals surface area contributed by atoms with Gasteiger partial charge in [0.25, 0.3) is 0 Å². The van der Waals surface area contributed by atoms with Crippen LogP contribution >= 0.6 is 12.4 Å². The van der Waals surface area contributed by atoms with Crippen molar-refractivity contribution in [2.75, 3.05) is 13.7 Å². The van der Waals surface area contributed by atoms with Gasteiger partial charge in [0.05, 0.1) is 6.61 Å². The molecule has 0 amide bonds. The van der Waals surface area contributed by atoms with Crippen LogP contribution in [-0.4, -0.2) is 25.7 Å². The summed E-state index contributed by atoms with van der Waals surface area (Å²) in [6.45, 7) is 7.08. The highest BCUT2D eigenvalue weighted by Gasteiger charge is 2.28. The van der Waals surface area contributed by atoms with Crippen LogP contribution in [-0.2, 0) is 17.9 Å². The summed E-state index contributed by atoms with van der Waals surface area (Å²) in [4.78, 5) is 0. The van der Waals surface area contributed by atoms with E-state index in [1.165, 1.54) is 11.1 Å². The van der Waals surface area contributed by atoms with Gasteiger partial charge in [-0.1, -0.05) is 24.3 Å². The second-order valence-electron chi connectivity index (χ2n) is 5.41. The van der Waals surface area contributed by atoms with Gasteiger partial charge in [0.15, 0.2) is 0 Å². The SMILES string of the molecule is COCc1ccc(CNCC2C(C)NNC2C)cc1.Cl. The number of rotatable bonds is 6. The lowest BCUT2D eigenvalue weighted by Crippen LogP contribution is -2.33. The Labute approximate surface area is 128 Å². The van der Waals surface area contributed by atoms with Crippen LogP contribution in [0.1, 0.15) is 25.0 Å². The number of halogens is 1. The molecule has 1 aromatic carbocycles. The standard InChI is InChI=1S/C15H25N3O.ClH/c1-11-15(12(2)18-17-11)9-16-8-13-4-6-14(7-5-13)10-19-3;/h4-7,11-12,15-18H,8-10H2,1-3H3;1H. The van der Waals surface area contributed by atoms with Crippen LogP contribution in [0.4, 0.5) is 0 Å². The number of hydrazine groups is 1. The summed E-state index contributed by atoms with van der Waals surface area (Å²) in [5.41, 5.74) is 9.11. The maximum atomic E-state index is 5.11. The zero-order valence-corrected chi connectivity index (χ0v) is 13.3. The average Bonchev–Trinajstić information content (AvgIpc) is 2.73. The van der Waals surface area contributed by atoms with E-state index in [1.807, 2.05) is 0 Å². The van der Waals surface area contributed by atoms with E-state index in [2.05, 4.69) is 54.3 Å². The summed E-state index contributed by atoms with van der Waals surface area (Å²) >= 11 is 0. The molecule has 2 unspecified atom stereocenters. The van der Waals surface area contributed by atoms with Crippen LogP contribution in [0.15, 0.2) is 24.3 Å². The number of hydrogen-bond donors (Lipinski definition) is 3. The van der Waals surface area contributed by atoms with E-state index in [0.29, 0.717) is 24.6 Å². The molecule has 0 spiro atoms. The molecule has 1 aromatic rings. The third-order valence-electron chi connectivity index (χ3n) is 3.87. The highest BCUT2D eigenvalue weighted by Crippen LogP contribution is 2.13. The first-order valence-electron chi connectivity index (χ1n) is 6.99. The summed E-state index contributed by atoms with van der Waals surface area (Å²) < 4.78 is 5.11. The van der Waals surface area contributed by atoms with Crippen LogP contribution in [0.2, 0.25) is 0 Å². The topological polar surface area (TPSA) is 45.3 Å². The number of benzene rings is 1. The molecule has 0 radical (unpaired) electrons. The minimum atomic E-state index is 0. The molecule has 5 heteroatoms. The van der Waals surface area contributed by atoms with Gasteiger partial charge in [-0.25, -0.2) is 0 Å². The van der Waals surface area contributed by atoms with Crippen molar-refractivity contribution in [3.05, 3.63) is 35.4 Å². The first kappa shape index (κ1) is 17.4. The van der Waals surface area contributed by atoms with Crippen LogP contribution in [0.25, 0.3) is 0 Å². The first-order valence-corrected chi connectivity index (χ1v) is 6.99. The molecule has 114 valence electrons. The lowest BCUT2D eigenvalue weighted by Gasteiger charge is -2.18. The van der Waals surface area contributed by atoms with Crippen molar-refractivity contribution in [3.8, 4) is 0 Å².